The molecular weight excluding hydrogens is 230 g/mol. The van der Waals surface area contributed by atoms with E-state index in [0.29, 0.717) is 17.9 Å². The Hall–Kier alpha value is -0.820. The van der Waals surface area contributed by atoms with E-state index in [1.54, 1.807) is 5.56 Å². The van der Waals surface area contributed by atoms with Gasteiger partial charge < -0.3 is 5.32 Å². The van der Waals surface area contributed by atoms with Crippen molar-refractivity contribution in [2.75, 3.05) is 6.54 Å². The van der Waals surface area contributed by atoms with E-state index < -0.39 is 0 Å². The third kappa shape index (κ3) is 3.39. The highest BCUT2D eigenvalue weighted by Crippen LogP contribution is 2.38. The lowest BCUT2D eigenvalue weighted by Gasteiger charge is -2.30. The Morgan fingerprint density at radius 3 is 2.47 bits per heavy atom. The Labute approximate surface area is 118 Å². The zero-order chi connectivity index (χ0) is 13.8. The van der Waals surface area contributed by atoms with Gasteiger partial charge in [0.25, 0.3) is 0 Å². The fourth-order valence-electron chi connectivity index (χ4n) is 2.96. The molecule has 0 heterocycles. The van der Waals surface area contributed by atoms with Gasteiger partial charge >= 0.3 is 0 Å². The van der Waals surface area contributed by atoms with Gasteiger partial charge in [-0.3, -0.25) is 0 Å². The third-order valence-corrected chi connectivity index (χ3v) is 4.85. The van der Waals surface area contributed by atoms with Crippen LogP contribution in [0.5, 0.6) is 0 Å². The maximum atomic E-state index is 3.68. The van der Waals surface area contributed by atoms with Gasteiger partial charge in [-0.05, 0) is 48.3 Å². The first kappa shape index (κ1) is 14.6. The maximum absolute atomic E-state index is 3.68. The van der Waals surface area contributed by atoms with E-state index in [1.165, 1.54) is 24.8 Å². The molecule has 1 N–H and O–H groups in total. The number of benzene rings is 1. The standard InChI is InChI=1S/C18H29N/c1-5-19-18(14(4)13(2)3)17-11-7-10-16(12-17)15-8-6-9-15/h7,10-15,18-19H,5-6,8-9H2,1-4H3. The predicted octanol–water partition coefficient (Wildman–Crippen LogP) is 4.90. The smallest absolute Gasteiger partial charge is 0.0348 e. The molecule has 0 spiro atoms. The molecule has 1 aliphatic rings. The first-order valence-corrected chi connectivity index (χ1v) is 7.96. The summed E-state index contributed by atoms with van der Waals surface area (Å²) in [7, 11) is 0. The van der Waals surface area contributed by atoms with E-state index in [4.69, 9.17) is 0 Å². The second-order valence-corrected chi connectivity index (χ2v) is 6.44. The highest BCUT2D eigenvalue weighted by atomic mass is 14.9. The van der Waals surface area contributed by atoms with E-state index in [-0.39, 0.29) is 0 Å². The lowest BCUT2D eigenvalue weighted by Crippen LogP contribution is -2.29. The average molecular weight is 259 g/mol. The second kappa shape index (κ2) is 6.56. The first-order valence-electron chi connectivity index (χ1n) is 7.96. The lowest BCUT2D eigenvalue weighted by molar-refractivity contribution is 0.307. The van der Waals surface area contributed by atoms with Gasteiger partial charge in [-0.15, -0.1) is 0 Å². The molecule has 106 valence electrons. The number of hydrogen-bond donors (Lipinski definition) is 1. The molecule has 1 aromatic carbocycles. The molecule has 0 saturated heterocycles. The summed E-state index contributed by atoms with van der Waals surface area (Å²) in [5, 5.41) is 3.68. The molecule has 2 rings (SSSR count). The van der Waals surface area contributed by atoms with Crippen molar-refractivity contribution in [1.29, 1.82) is 0 Å². The van der Waals surface area contributed by atoms with E-state index in [9.17, 15) is 0 Å². The molecular formula is C18H29N. The lowest BCUT2D eigenvalue weighted by atomic mass is 9.78. The summed E-state index contributed by atoms with van der Waals surface area (Å²) in [5.74, 6) is 2.20. The summed E-state index contributed by atoms with van der Waals surface area (Å²) < 4.78 is 0. The Morgan fingerprint density at radius 1 is 1.21 bits per heavy atom. The van der Waals surface area contributed by atoms with Crippen LogP contribution in [0.1, 0.15) is 70.0 Å². The Balaban J connectivity index is 2.20. The summed E-state index contributed by atoms with van der Waals surface area (Å²) in [6.45, 7) is 10.3. The minimum absolute atomic E-state index is 0.491. The van der Waals surface area contributed by atoms with Gasteiger partial charge in [0.05, 0.1) is 0 Å². The number of hydrogen-bond acceptors (Lipinski definition) is 1. The molecule has 2 atom stereocenters. The monoisotopic (exact) mass is 259 g/mol. The average Bonchev–Trinajstić information content (AvgIpc) is 2.33. The van der Waals surface area contributed by atoms with Crippen LogP contribution < -0.4 is 5.32 Å². The van der Waals surface area contributed by atoms with Crippen LogP contribution >= 0.6 is 0 Å². The van der Waals surface area contributed by atoms with Crippen LogP contribution in [0.15, 0.2) is 24.3 Å². The second-order valence-electron chi connectivity index (χ2n) is 6.44. The molecule has 0 radical (unpaired) electrons. The molecule has 19 heavy (non-hydrogen) atoms. The number of rotatable bonds is 6. The fraction of sp³-hybridized carbons (Fsp3) is 0.667. The summed E-state index contributed by atoms with van der Waals surface area (Å²) in [6, 6.07) is 9.81. The van der Waals surface area contributed by atoms with Gasteiger partial charge in [0.2, 0.25) is 0 Å². The fourth-order valence-corrected chi connectivity index (χ4v) is 2.96. The van der Waals surface area contributed by atoms with Crippen molar-refractivity contribution in [3.05, 3.63) is 35.4 Å². The molecule has 0 bridgehead atoms. The summed E-state index contributed by atoms with van der Waals surface area (Å²) in [5.41, 5.74) is 3.04. The minimum atomic E-state index is 0.491. The molecule has 1 saturated carbocycles. The quantitative estimate of drug-likeness (QED) is 0.766. The van der Waals surface area contributed by atoms with Crippen molar-refractivity contribution in [3.8, 4) is 0 Å². The van der Waals surface area contributed by atoms with Crippen LogP contribution in [0.2, 0.25) is 0 Å². The van der Waals surface area contributed by atoms with Crippen molar-refractivity contribution in [1.82, 2.24) is 5.32 Å². The predicted molar refractivity (Wildman–Crippen MR) is 83.5 cm³/mol. The van der Waals surface area contributed by atoms with Gasteiger partial charge in [0.15, 0.2) is 0 Å². The van der Waals surface area contributed by atoms with Crippen LogP contribution in [0.25, 0.3) is 0 Å². The van der Waals surface area contributed by atoms with Crippen LogP contribution in [-0.2, 0) is 0 Å². The van der Waals surface area contributed by atoms with Gasteiger partial charge in [0, 0.05) is 6.04 Å². The van der Waals surface area contributed by atoms with Crippen molar-refractivity contribution >= 4 is 0 Å². The molecule has 1 nitrogen and oxygen atoms in total. The van der Waals surface area contributed by atoms with Crippen LogP contribution in [0, 0.1) is 11.8 Å². The normalized spacial score (nSPS) is 19.2. The SMILES string of the molecule is CCNC(c1cccc(C2CCC2)c1)C(C)C(C)C. The van der Waals surface area contributed by atoms with Crippen LogP contribution in [0.3, 0.4) is 0 Å². The van der Waals surface area contributed by atoms with Crippen molar-refractivity contribution in [2.45, 2.75) is 58.9 Å². The van der Waals surface area contributed by atoms with E-state index >= 15 is 0 Å². The highest BCUT2D eigenvalue weighted by Gasteiger charge is 2.24. The first-order chi connectivity index (χ1) is 9.13. The minimum Gasteiger partial charge on any atom is -0.310 e. The van der Waals surface area contributed by atoms with Crippen molar-refractivity contribution < 1.29 is 0 Å². The Morgan fingerprint density at radius 2 is 1.95 bits per heavy atom. The zero-order valence-electron chi connectivity index (χ0n) is 12.9. The largest absolute Gasteiger partial charge is 0.310 e. The topological polar surface area (TPSA) is 12.0 Å². The van der Waals surface area contributed by atoms with Crippen molar-refractivity contribution in [3.63, 3.8) is 0 Å². The third-order valence-electron chi connectivity index (χ3n) is 4.85. The molecule has 0 aromatic heterocycles. The molecule has 2 unspecified atom stereocenters. The van der Waals surface area contributed by atoms with Crippen LogP contribution in [-0.4, -0.2) is 6.54 Å². The van der Waals surface area contributed by atoms with E-state index in [2.05, 4.69) is 57.3 Å². The van der Waals surface area contributed by atoms with Gasteiger partial charge in [0.1, 0.15) is 0 Å². The molecule has 0 aliphatic heterocycles. The van der Waals surface area contributed by atoms with Crippen molar-refractivity contribution in [2.24, 2.45) is 11.8 Å². The molecule has 1 aliphatic carbocycles. The summed E-state index contributed by atoms with van der Waals surface area (Å²) in [4.78, 5) is 0. The molecule has 1 fully saturated rings. The van der Waals surface area contributed by atoms with Gasteiger partial charge in [-0.2, -0.15) is 0 Å². The Bertz CT molecular complexity index is 392. The summed E-state index contributed by atoms with van der Waals surface area (Å²) in [6.07, 6.45) is 4.18. The Kier molecular flexibility index (Phi) is 5.04. The molecule has 1 heteroatoms. The highest BCUT2D eigenvalue weighted by molar-refractivity contribution is 5.30. The van der Waals surface area contributed by atoms with Gasteiger partial charge in [-0.1, -0.05) is 58.4 Å². The molecule has 0 amide bonds. The van der Waals surface area contributed by atoms with E-state index in [1.807, 2.05) is 0 Å². The van der Waals surface area contributed by atoms with E-state index in [0.717, 1.165) is 12.5 Å². The molecule has 1 aromatic rings. The van der Waals surface area contributed by atoms with Gasteiger partial charge in [-0.25, -0.2) is 0 Å². The van der Waals surface area contributed by atoms with Crippen LogP contribution in [0.4, 0.5) is 0 Å². The summed E-state index contributed by atoms with van der Waals surface area (Å²) >= 11 is 0. The zero-order valence-corrected chi connectivity index (χ0v) is 12.9. The number of nitrogens with one attached hydrogen (secondary N) is 1. The maximum Gasteiger partial charge on any atom is 0.0348 e.